The normalized spacial score (nSPS) is 9.92. The van der Waals surface area contributed by atoms with Crippen molar-refractivity contribution in [2.24, 2.45) is 0 Å². The molecule has 2 aromatic rings. The Morgan fingerprint density at radius 3 is 2.69 bits per heavy atom. The number of rotatable bonds is 2. The molecule has 0 fully saturated rings. The maximum atomic E-state index is 5.72. The summed E-state index contributed by atoms with van der Waals surface area (Å²) in [7, 11) is 0. The van der Waals surface area contributed by atoms with Gasteiger partial charge in [0, 0.05) is 5.02 Å². The predicted octanol–water partition coefficient (Wildman–Crippen LogP) is 3.39. The Morgan fingerprint density at radius 2 is 2.08 bits per heavy atom. The van der Waals surface area contributed by atoms with E-state index in [4.69, 9.17) is 16.3 Å². The number of ether oxygens (including phenoxy) is 1. The number of thiazole rings is 1. The van der Waals surface area contributed by atoms with Gasteiger partial charge in [0.05, 0.1) is 6.20 Å². The van der Waals surface area contributed by atoms with E-state index in [9.17, 15) is 0 Å². The number of hydrogen-bond donors (Lipinski definition) is 0. The second-order valence-electron chi connectivity index (χ2n) is 2.33. The van der Waals surface area contributed by atoms with Gasteiger partial charge in [-0.05, 0) is 24.3 Å². The van der Waals surface area contributed by atoms with Crippen LogP contribution >= 0.6 is 22.9 Å². The first kappa shape index (κ1) is 8.53. The standard InChI is InChI=1S/C9H5ClNOS/c10-7-1-3-8(4-2-7)12-9-5-11-6-13-9/h1-5H. The molecule has 1 heterocycles. The molecule has 0 aliphatic rings. The second kappa shape index (κ2) is 3.77. The van der Waals surface area contributed by atoms with Gasteiger partial charge in [0.1, 0.15) is 5.75 Å². The molecule has 13 heavy (non-hydrogen) atoms. The summed E-state index contributed by atoms with van der Waals surface area (Å²) in [5.74, 6) is 0.752. The largest absolute Gasteiger partial charge is 0.445 e. The fourth-order valence-electron chi connectivity index (χ4n) is 0.843. The average molecular weight is 211 g/mol. The lowest BCUT2D eigenvalue weighted by atomic mass is 10.3. The van der Waals surface area contributed by atoms with E-state index in [1.807, 2.05) is 12.1 Å². The molecule has 0 amide bonds. The summed E-state index contributed by atoms with van der Waals surface area (Å²) in [5.41, 5.74) is 2.70. The van der Waals surface area contributed by atoms with E-state index in [0.717, 1.165) is 10.8 Å². The lowest BCUT2D eigenvalue weighted by Gasteiger charge is -2.00. The molecule has 0 saturated heterocycles. The number of hydrogen-bond acceptors (Lipinski definition) is 3. The summed E-state index contributed by atoms with van der Waals surface area (Å²) in [6.07, 6.45) is 1.62. The molecule has 0 unspecified atom stereocenters. The zero-order valence-electron chi connectivity index (χ0n) is 6.53. The molecule has 2 rings (SSSR count). The highest BCUT2D eigenvalue weighted by atomic mass is 35.5. The van der Waals surface area contributed by atoms with E-state index in [-0.39, 0.29) is 0 Å². The first-order valence-corrected chi connectivity index (χ1v) is 4.79. The molecule has 1 radical (unpaired) electrons. The molecule has 1 aromatic heterocycles. The molecular formula is C9H5ClNOS. The summed E-state index contributed by atoms with van der Waals surface area (Å²) < 4.78 is 5.44. The van der Waals surface area contributed by atoms with Gasteiger partial charge in [0.2, 0.25) is 5.06 Å². The summed E-state index contributed by atoms with van der Waals surface area (Å²) in [6, 6.07) is 7.17. The Labute approximate surface area is 84.8 Å². The van der Waals surface area contributed by atoms with Crippen molar-refractivity contribution < 1.29 is 4.74 Å². The van der Waals surface area contributed by atoms with Crippen molar-refractivity contribution >= 4 is 22.9 Å². The molecule has 65 valence electrons. The van der Waals surface area contributed by atoms with Gasteiger partial charge >= 0.3 is 0 Å². The molecule has 0 aliphatic carbocycles. The molecule has 0 N–H and O–H groups in total. The highest BCUT2D eigenvalue weighted by Crippen LogP contribution is 2.25. The van der Waals surface area contributed by atoms with Crippen LogP contribution in [0.2, 0.25) is 5.02 Å². The molecule has 2 nitrogen and oxygen atoms in total. The predicted molar refractivity (Wildman–Crippen MR) is 52.5 cm³/mol. The van der Waals surface area contributed by atoms with Crippen LogP contribution in [0, 0.1) is 5.51 Å². The lowest BCUT2D eigenvalue weighted by Crippen LogP contribution is -1.79. The van der Waals surface area contributed by atoms with Gasteiger partial charge in [-0.3, -0.25) is 0 Å². The molecule has 0 atom stereocenters. The van der Waals surface area contributed by atoms with Crippen molar-refractivity contribution in [1.82, 2.24) is 4.98 Å². The Bertz CT molecular complexity index is 371. The highest BCUT2D eigenvalue weighted by Gasteiger charge is 1.97. The van der Waals surface area contributed by atoms with Crippen LogP contribution in [0.3, 0.4) is 0 Å². The fourth-order valence-corrected chi connectivity index (χ4v) is 1.41. The van der Waals surface area contributed by atoms with Crippen molar-refractivity contribution in [1.29, 1.82) is 0 Å². The smallest absolute Gasteiger partial charge is 0.201 e. The summed E-state index contributed by atoms with van der Waals surface area (Å²) in [5, 5.41) is 1.42. The third-order valence-corrected chi connectivity index (χ3v) is 2.24. The molecule has 4 heteroatoms. The van der Waals surface area contributed by atoms with Crippen LogP contribution in [-0.2, 0) is 0 Å². The molecule has 0 saturated carbocycles. The minimum Gasteiger partial charge on any atom is -0.445 e. The monoisotopic (exact) mass is 210 g/mol. The SMILES string of the molecule is Clc1ccc(Oc2cn[c]s2)cc1. The third kappa shape index (κ3) is 2.20. The quantitative estimate of drug-likeness (QED) is 0.758. The molecule has 0 bridgehead atoms. The van der Waals surface area contributed by atoms with Crippen LogP contribution in [0.5, 0.6) is 10.8 Å². The summed E-state index contributed by atoms with van der Waals surface area (Å²) in [4.78, 5) is 3.78. The van der Waals surface area contributed by atoms with Gasteiger partial charge in [0.25, 0.3) is 0 Å². The molecule has 0 aliphatic heterocycles. The second-order valence-corrected chi connectivity index (χ2v) is 3.55. The third-order valence-electron chi connectivity index (χ3n) is 1.40. The topological polar surface area (TPSA) is 22.1 Å². The number of halogens is 1. The average Bonchev–Trinajstić information content (AvgIpc) is 2.62. The van der Waals surface area contributed by atoms with Crippen LogP contribution < -0.4 is 4.74 Å². The van der Waals surface area contributed by atoms with Crippen LogP contribution in [0.25, 0.3) is 0 Å². The molecule has 1 aromatic carbocycles. The van der Waals surface area contributed by atoms with Gasteiger partial charge in [-0.2, -0.15) is 0 Å². The Balaban J connectivity index is 2.15. The highest BCUT2D eigenvalue weighted by molar-refractivity contribution is 7.11. The van der Waals surface area contributed by atoms with Crippen LogP contribution in [0.15, 0.2) is 30.5 Å². The van der Waals surface area contributed by atoms with Crippen molar-refractivity contribution in [2.75, 3.05) is 0 Å². The minimum atomic E-state index is 0.697. The number of nitrogens with zero attached hydrogens (tertiary/aromatic N) is 1. The van der Waals surface area contributed by atoms with E-state index in [2.05, 4.69) is 10.5 Å². The van der Waals surface area contributed by atoms with E-state index in [1.54, 1.807) is 18.3 Å². The van der Waals surface area contributed by atoms with Gasteiger partial charge in [0.15, 0.2) is 5.51 Å². The van der Waals surface area contributed by atoms with Gasteiger partial charge in [-0.1, -0.05) is 22.9 Å². The van der Waals surface area contributed by atoms with E-state index in [0.29, 0.717) is 5.02 Å². The van der Waals surface area contributed by atoms with E-state index in [1.165, 1.54) is 11.3 Å². The Hall–Kier alpha value is -1.06. The van der Waals surface area contributed by atoms with Crippen LogP contribution in [0.1, 0.15) is 0 Å². The first-order chi connectivity index (χ1) is 6.34. The zero-order valence-corrected chi connectivity index (χ0v) is 8.10. The number of aromatic nitrogens is 1. The van der Waals surface area contributed by atoms with Crippen molar-refractivity contribution in [2.45, 2.75) is 0 Å². The Morgan fingerprint density at radius 1 is 1.31 bits per heavy atom. The summed E-state index contributed by atoms with van der Waals surface area (Å²) >= 11 is 7.05. The fraction of sp³-hybridized carbons (Fsp3) is 0. The van der Waals surface area contributed by atoms with Crippen LogP contribution in [-0.4, -0.2) is 4.98 Å². The van der Waals surface area contributed by atoms with Crippen molar-refractivity contribution in [3.63, 3.8) is 0 Å². The summed E-state index contributed by atoms with van der Waals surface area (Å²) in [6.45, 7) is 0. The van der Waals surface area contributed by atoms with Crippen molar-refractivity contribution in [3.05, 3.63) is 41.0 Å². The van der Waals surface area contributed by atoms with Crippen molar-refractivity contribution in [3.8, 4) is 10.8 Å². The van der Waals surface area contributed by atoms with E-state index < -0.39 is 0 Å². The minimum absolute atomic E-state index is 0.697. The number of benzene rings is 1. The first-order valence-electron chi connectivity index (χ1n) is 3.60. The molecular weight excluding hydrogens is 206 g/mol. The van der Waals surface area contributed by atoms with Gasteiger partial charge < -0.3 is 4.74 Å². The maximum absolute atomic E-state index is 5.72. The zero-order chi connectivity index (χ0) is 9.10. The Kier molecular flexibility index (Phi) is 2.47. The van der Waals surface area contributed by atoms with Gasteiger partial charge in [-0.15, -0.1) is 0 Å². The maximum Gasteiger partial charge on any atom is 0.201 e. The van der Waals surface area contributed by atoms with Crippen LogP contribution in [0.4, 0.5) is 0 Å². The van der Waals surface area contributed by atoms with Gasteiger partial charge in [-0.25, -0.2) is 4.98 Å². The lowest BCUT2D eigenvalue weighted by molar-refractivity contribution is 0.495. The molecule has 0 spiro atoms. The van der Waals surface area contributed by atoms with E-state index >= 15 is 0 Å².